The molecule has 0 bridgehead atoms. The third kappa shape index (κ3) is 14.2. The van der Waals surface area contributed by atoms with Crippen LogP contribution in [0.3, 0.4) is 0 Å². The minimum atomic E-state index is -0.383. The van der Waals surface area contributed by atoms with Gasteiger partial charge in [-0.05, 0) is 70.8 Å². The molecule has 3 aliphatic rings. The first kappa shape index (κ1) is 36.3. The molecule has 0 spiro atoms. The number of esters is 1. The maximum absolute atomic E-state index is 11.6. The maximum atomic E-state index is 11.6. The first-order valence-corrected chi connectivity index (χ1v) is 18.2. The number of carbonyl (C=O) groups excluding carboxylic acids is 1. The van der Waals surface area contributed by atoms with E-state index in [2.05, 4.69) is 19.1 Å². The van der Waals surface area contributed by atoms with Crippen LogP contribution >= 0.6 is 0 Å². The van der Waals surface area contributed by atoms with E-state index < -0.39 is 0 Å². The predicted octanol–water partition coefficient (Wildman–Crippen LogP) is 8.66. The van der Waals surface area contributed by atoms with Crippen molar-refractivity contribution in [2.24, 2.45) is 0 Å². The summed E-state index contributed by atoms with van der Waals surface area (Å²) in [5, 5.41) is 21.4. The Hall–Kier alpha value is -1.21. The van der Waals surface area contributed by atoms with Crippen LogP contribution < -0.4 is 0 Å². The van der Waals surface area contributed by atoms with E-state index in [-0.39, 0.29) is 48.7 Å². The maximum Gasteiger partial charge on any atom is 0.334 e. The van der Waals surface area contributed by atoms with E-state index in [0.717, 1.165) is 63.4 Å². The molecule has 6 heteroatoms. The Kier molecular flexibility index (Phi) is 18.1. The molecule has 248 valence electrons. The highest BCUT2D eigenvalue weighted by Crippen LogP contribution is 2.34. The number of ether oxygens (including phenoxy) is 3. The van der Waals surface area contributed by atoms with Crippen molar-refractivity contribution in [3.63, 3.8) is 0 Å². The van der Waals surface area contributed by atoms with Gasteiger partial charge in [-0.3, -0.25) is 0 Å². The van der Waals surface area contributed by atoms with E-state index in [1.807, 2.05) is 13.0 Å². The topological polar surface area (TPSA) is 85.2 Å². The number of hydrogen-bond donors (Lipinski definition) is 2. The molecule has 7 atom stereocenters. The summed E-state index contributed by atoms with van der Waals surface area (Å²) in [5.74, 6) is -0.169. The largest absolute Gasteiger partial charge is 0.455 e. The van der Waals surface area contributed by atoms with Crippen LogP contribution in [-0.4, -0.2) is 58.9 Å². The molecule has 0 aromatic heterocycles. The van der Waals surface area contributed by atoms with Gasteiger partial charge in [0.05, 0.1) is 36.6 Å². The molecule has 3 aliphatic heterocycles. The summed E-state index contributed by atoms with van der Waals surface area (Å²) in [6.07, 6.45) is 31.2. The molecule has 2 N–H and O–H groups in total. The molecule has 0 aliphatic carbocycles. The summed E-state index contributed by atoms with van der Waals surface area (Å²) in [6, 6.07) is 0. The summed E-state index contributed by atoms with van der Waals surface area (Å²) < 4.78 is 17.7. The Morgan fingerprint density at radius 2 is 1.21 bits per heavy atom. The lowest BCUT2D eigenvalue weighted by atomic mass is 10.0. The van der Waals surface area contributed by atoms with Crippen LogP contribution in [0.1, 0.15) is 162 Å². The summed E-state index contributed by atoms with van der Waals surface area (Å²) in [6.45, 7) is 4.15. The molecule has 0 unspecified atom stereocenters. The van der Waals surface area contributed by atoms with Crippen LogP contribution in [0.25, 0.3) is 0 Å². The van der Waals surface area contributed by atoms with Crippen molar-refractivity contribution >= 4 is 5.97 Å². The van der Waals surface area contributed by atoms with Gasteiger partial charge in [0.25, 0.3) is 0 Å². The molecule has 0 amide bonds. The van der Waals surface area contributed by atoms with E-state index in [1.165, 1.54) is 83.5 Å². The Bertz CT molecular complexity index is 809. The zero-order chi connectivity index (χ0) is 30.7. The molecule has 2 saturated heterocycles. The van der Waals surface area contributed by atoms with Crippen LogP contribution in [-0.2, 0) is 19.0 Å². The molecule has 3 heterocycles. The number of carbonyl (C=O) groups is 1. The van der Waals surface area contributed by atoms with Crippen molar-refractivity contribution in [1.29, 1.82) is 0 Å². The first-order valence-electron chi connectivity index (χ1n) is 18.2. The van der Waals surface area contributed by atoms with E-state index >= 15 is 0 Å². The molecule has 2 fully saturated rings. The number of allylic oxidation sites excluding steroid dienone is 2. The van der Waals surface area contributed by atoms with Gasteiger partial charge in [-0.2, -0.15) is 0 Å². The van der Waals surface area contributed by atoms with Crippen LogP contribution in [0.15, 0.2) is 23.8 Å². The van der Waals surface area contributed by atoms with Crippen molar-refractivity contribution in [3.8, 4) is 0 Å². The third-order valence-corrected chi connectivity index (χ3v) is 9.66. The molecule has 43 heavy (non-hydrogen) atoms. The normalized spacial score (nSPS) is 27.2. The molecule has 0 radical (unpaired) electrons. The number of cyclic esters (lactones) is 1. The van der Waals surface area contributed by atoms with Gasteiger partial charge >= 0.3 is 5.97 Å². The lowest BCUT2D eigenvalue weighted by molar-refractivity contribution is -0.139. The van der Waals surface area contributed by atoms with Crippen molar-refractivity contribution in [1.82, 2.24) is 0 Å². The molecule has 3 rings (SSSR count). The van der Waals surface area contributed by atoms with Gasteiger partial charge in [-0.1, -0.05) is 109 Å². The highest BCUT2D eigenvalue weighted by Gasteiger charge is 2.40. The summed E-state index contributed by atoms with van der Waals surface area (Å²) >= 11 is 0. The van der Waals surface area contributed by atoms with E-state index in [0.29, 0.717) is 6.42 Å². The average Bonchev–Trinajstić information content (AvgIpc) is 3.75. The Balaban J connectivity index is 1.13. The monoisotopic (exact) mass is 604 g/mol. The van der Waals surface area contributed by atoms with Crippen LogP contribution in [0.4, 0.5) is 0 Å². The van der Waals surface area contributed by atoms with Gasteiger partial charge in [-0.25, -0.2) is 4.79 Å². The highest BCUT2D eigenvalue weighted by atomic mass is 16.6. The van der Waals surface area contributed by atoms with Crippen LogP contribution in [0.2, 0.25) is 0 Å². The molecular formula is C37H64O6. The molecule has 0 aromatic carbocycles. The fraction of sp³-hybridized carbons (Fsp3) is 0.865. The smallest absolute Gasteiger partial charge is 0.334 e. The minimum Gasteiger partial charge on any atom is -0.455 e. The number of hydrogen-bond acceptors (Lipinski definition) is 6. The second kappa shape index (κ2) is 21.5. The highest BCUT2D eigenvalue weighted by molar-refractivity contribution is 5.91. The van der Waals surface area contributed by atoms with Crippen LogP contribution in [0, 0.1) is 0 Å². The Morgan fingerprint density at radius 1 is 0.721 bits per heavy atom. The summed E-state index contributed by atoms with van der Waals surface area (Å²) in [4.78, 5) is 11.6. The standard InChI is InChI=1S/C37H64O6/c1-3-4-5-6-7-13-16-19-22-31(38)33-24-26-35(42-33)36-27-25-34(43-36)32(39)23-20-17-14-11-9-8-10-12-15-18-21-30-28-29(2)41-37(30)40/h15,18,28-29,31-36,38-39H,3-14,16-17,19-27H2,1-2H3/b18-15+/t29-,31-,32+,33+,34+,35-,36-/m0/s1. The molecule has 0 saturated carbocycles. The SMILES string of the molecule is CCCCCCCCCC[C@H](O)[C@H]1CC[C@@H]([C@@H]2CC[C@H]([C@H](O)CCCCCCCCC/C=C/CC3=C[C@H](C)OC3=O)O2)O1. The van der Waals surface area contributed by atoms with E-state index in [1.54, 1.807) is 0 Å². The second-order valence-corrected chi connectivity index (χ2v) is 13.5. The van der Waals surface area contributed by atoms with Gasteiger partial charge in [-0.15, -0.1) is 0 Å². The molecule has 6 nitrogen and oxygen atoms in total. The van der Waals surface area contributed by atoms with Gasteiger partial charge < -0.3 is 24.4 Å². The molecular weight excluding hydrogens is 540 g/mol. The first-order chi connectivity index (χ1) is 21.0. The van der Waals surface area contributed by atoms with Crippen LogP contribution in [0.5, 0.6) is 0 Å². The number of unbranched alkanes of at least 4 members (excludes halogenated alkanes) is 14. The zero-order valence-electron chi connectivity index (χ0n) is 27.6. The average molecular weight is 605 g/mol. The second-order valence-electron chi connectivity index (χ2n) is 13.5. The quantitative estimate of drug-likeness (QED) is 0.0651. The fourth-order valence-corrected chi connectivity index (χ4v) is 6.96. The number of aliphatic hydroxyl groups excluding tert-OH is 2. The Morgan fingerprint density at radius 3 is 1.70 bits per heavy atom. The van der Waals surface area contributed by atoms with Crippen molar-refractivity contribution in [3.05, 3.63) is 23.8 Å². The summed E-state index contributed by atoms with van der Waals surface area (Å²) in [7, 11) is 0. The van der Waals surface area contributed by atoms with Gasteiger partial charge in [0, 0.05) is 5.57 Å². The predicted molar refractivity (Wildman–Crippen MR) is 174 cm³/mol. The van der Waals surface area contributed by atoms with E-state index in [9.17, 15) is 15.0 Å². The summed E-state index contributed by atoms with van der Waals surface area (Å²) in [5.41, 5.74) is 0.782. The van der Waals surface area contributed by atoms with Crippen molar-refractivity contribution in [2.75, 3.05) is 0 Å². The number of aliphatic hydroxyl groups is 2. The molecule has 0 aromatic rings. The lowest BCUT2D eigenvalue weighted by Crippen LogP contribution is -2.33. The Labute approximate surface area is 263 Å². The zero-order valence-corrected chi connectivity index (χ0v) is 27.6. The fourth-order valence-electron chi connectivity index (χ4n) is 6.96. The van der Waals surface area contributed by atoms with E-state index in [4.69, 9.17) is 14.2 Å². The third-order valence-electron chi connectivity index (χ3n) is 9.66. The van der Waals surface area contributed by atoms with Gasteiger partial charge in [0.2, 0.25) is 0 Å². The number of rotatable bonds is 24. The van der Waals surface area contributed by atoms with Crippen molar-refractivity contribution < 1.29 is 29.2 Å². The van der Waals surface area contributed by atoms with Gasteiger partial charge in [0.1, 0.15) is 6.10 Å². The van der Waals surface area contributed by atoms with Gasteiger partial charge in [0.15, 0.2) is 0 Å². The van der Waals surface area contributed by atoms with Crippen molar-refractivity contribution in [2.45, 2.75) is 204 Å². The minimum absolute atomic E-state index is 0.0513. The lowest BCUT2D eigenvalue weighted by Gasteiger charge is -2.24.